The van der Waals surface area contributed by atoms with Crippen LogP contribution in [-0.4, -0.2) is 46.1 Å². The lowest BCUT2D eigenvalue weighted by atomic mass is 10.2. The van der Waals surface area contributed by atoms with Crippen molar-refractivity contribution in [3.8, 4) is 5.75 Å². The summed E-state index contributed by atoms with van der Waals surface area (Å²) in [5.74, 6) is 1.07. The topological polar surface area (TPSA) is 54.9 Å². The van der Waals surface area contributed by atoms with Crippen molar-refractivity contribution in [2.45, 2.75) is 25.6 Å². The third-order valence-corrected chi connectivity index (χ3v) is 3.04. The first kappa shape index (κ1) is 23.8. The van der Waals surface area contributed by atoms with Gasteiger partial charge in [-0.05, 0) is 17.7 Å². The van der Waals surface area contributed by atoms with Gasteiger partial charge in [0.1, 0.15) is 5.75 Å². The first-order valence-corrected chi connectivity index (χ1v) is 7.66. The summed E-state index contributed by atoms with van der Waals surface area (Å²) in [7, 11) is 3.15. The number of ether oxygens (including phenoxy) is 2. The van der Waals surface area contributed by atoms with Crippen LogP contribution in [0.15, 0.2) is 29.3 Å². The molecule has 0 unspecified atom stereocenters. The highest BCUT2D eigenvalue weighted by Gasteiger charge is 2.26. The van der Waals surface area contributed by atoms with Crippen molar-refractivity contribution in [1.82, 2.24) is 10.6 Å². The van der Waals surface area contributed by atoms with Crippen molar-refractivity contribution in [2.24, 2.45) is 4.99 Å². The molecule has 9 heteroatoms. The highest BCUT2D eigenvalue weighted by molar-refractivity contribution is 14.0. The molecule has 0 amide bonds. The minimum atomic E-state index is -4.18. The predicted molar refractivity (Wildman–Crippen MR) is 103 cm³/mol. The van der Waals surface area contributed by atoms with Crippen molar-refractivity contribution >= 4 is 29.9 Å². The Morgan fingerprint density at radius 1 is 1.20 bits per heavy atom. The second-order valence-electron chi connectivity index (χ2n) is 5.06. The lowest BCUT2D eigenvalue weighted by Gasteiger charge is -2.13. The molecule has 0 radical (unpaired) electrons. The Hall–Kier alpha value is -1.23. The maximum atomic E-state index is 12.1. The minimum absolute atomic E-state index is 0. The van der Waals surface area contributed by atoms with Gasteiger partial charge in [-0.1, -0.05) is 12.1 Å². The number of guanidine groups is 1. The molecule has 1 aromatic carbocycles. The molecule has 0 aliphatic carbocycles. The van der Waals surface area contributed by atoms with E-state index in [1.165, 1.54) is 7.05 Å². The molecule has 1 rings (SSSR count). The van der Waals surface area contributed by atoms with E-state index in [1.807, 2.05) is 24.3 Å². The van der Waals surface area contributed by atoms with Crippen molar-refractivity contribution < 1.29 is 22.6 Å². The summed E-state index contributed by atoms with van der Waals surface area (Å²) in [4.78, 5) is 3.90. The van der Waals surface area contributed by atoms with E-state index in [9.17, 15) is 13.2 Å². The predicted octanol–water partition coefficient (Wildman–Crippen LogP) is 3.34. The number of hydrogen-bond acceptors (Lipinski definition) is 3. The van der Waals surface area contributed by atoms with Gasteiger partial charge in [-0.3, -0.25) is 4.99 Å². The van der Waals surface area contributed by atoms with Gasteiger partial charge < -0.3 is 20.1 Å². The summed E-state index contributed by atoms with van der Waals surface area (Å²) in [6.07, 6.45) is -4.28. The molecule has 0 heterocycles. The Morgan fingerprint density at radius 2 is 1.96 bits per heavy atom. The number of aliphatic imine (C=N–C) groups is 1. The number of benzene rings is 1. The fraction of sp³-hybridized carbons (Fsp3) is 0.562. The second-order valence-corrected chi connectivity index (χ2v) is 5.06. The van der Waals surface area contributed by atoms with E-state index in [4.69, 9.17) is 9.47 Å². The minimum Gasteiger partial charge on any atom is -0.493 e. The Morgan fingerprint density at radius 3 is 2.60 bits per heavy atom. The van der Waals surface area contributed by atoms with Gasteiger partial charge >= 0.3 is 6.18 Å². The lowest BCUT2D eigenvalue weighted by Crippen LogP contribution is -2.38. The molecule has 0 saturated carbocycles. The molecule has 0 fully saturated rings. The van der Waals surface area contributed by atoms with E-state index >= 15 is 0 Å². The van der Waals surface area contributed by atoms with E-state index in [0.29, 0.717) is 25.7 Å². The van der Waals surface area contributed by atoms with Crippen LogP contribution in [0.5, 0.6) is 5.75 Å². The summed E-state index contributed by atoms with van der Waals surface area (Å²) in [5.41, 5.74) is 0.943. The maximum absolute atomic E-state index is 12.1. The summed E-state index contributed by atoms with van der Waals surface area (Å²) in [6.45, 7) is 1.42. The van der Waals surface area contributed by atoms with Gasteiger partial charge in [0.25, 0.3) is 0 Å². The first-order valence-electron chi connectivity index (χ1n) is 7.66. The molecule has 1 aromatic rings. The maximum Gasteiger partial charge on any atom is 0.390 e. The zero-order valence-electron chi connectivity index (χ0n) is 14.4. The van der Waals surface area contributed by atoms with Crippen LogP contribution in [-0.2, 0) is 11.3 Å². The first-order chi connectivity index (χ1) is 11.4. The average molecular weight is 475 g/mol. The highest BCUT2D eigenvalue weighted by atomic mass is 127. The average Bonchev–Trinajstić information content (AvgIpc) is 2.54. The van der Waals surface area contributed by atoms with Gasteiger partial charge in [0.05, 0.1) is 13.0 Å². The molecule has 5 nitrogen and oxygen atoms in total. The summed E-state index contributed by atoms with van der Waals surface area (Å²) in [6, 6.07) is 7.50. The molecule has 0 aliphatic heterocycles. The lowest BCUT2D eigenvalue weighted by molar-refractivity contribution is -0.132. The standard InChI is InChI=1S/C16H24F3N3O2.HI/c1-20-15(21-8-7-16(17,18)19)22-12-13-5-3-6-14(11-13)24-10-4-9-23-2;/h3,5-6,11H,4,7-10,12H2,1-2H3,(H2,20,21,22);1H. The monoisotopic (exact) mass is 475 g/mol. The molecule has 0 atom stereocenters. The molecule has 0 spiro atoms. The number of halogens is 4. The summed E-state index contributed by atoms with van der Waals surface area (Å²) >= 11 is 0. The van der Waals surface area contributed by atoms with Crippen LogP contribution in [0.2, 0.25) is 0 Å². The number of rotatable bonds is 9. The number of nitrogens with zero attached hydrogens (tertiary/aromatic N) is 1. The van der Waals surface area contributed by atoms with E-state index in [0.717, 1.165) is 17.7 Å². The zero-order chi connectivity index (χ0) is 17.8. The Bertz CT molecular complexity index is 514. The van der Waals surface area contributed by atoms with Crippen molar-refractivity contribution in [3.05, 3.63) is 29.8 Å². The third kappa shape index (κ3) is 11.9. The van der Waals surface area contributed by atoms with Crippen LogP contribution in [0, 0.1) is 0 Å². The fourth-order valence-electron chi connectivity index (χ4n) is 1.87. The van der Waals surface area contributed by atoms with Crippen LogP contribution in [0.25, 0.3) is 0 Å². The SMILES string of the molecule is CN=C(NCCC(F)(F)F)NCc1cccc(OCCCOC)c1.I. The van der Waals surface area contributed by atoms with Gasteiger partial charge in [-0.25, -0.2) is 0 Å². The zero-order valence-corrected chi connectivity index (χ0v) is 16.7. The molecule has 0 aromatic heterocycles. The largest absolute Gasteiger partial charge is 0.493 e. The summed E-state index contributed by atoms with van der Waals surface area (Å²) in [5, 5.41) is 5.60. The number of alkyl halides is 3. The Kier molecular flexibility index (Phi) is 12.4. The van der Waals surface area contributed by atoms with Crippen LogP contribution < -0.4 is 15.4 Å². The Labute approximate surface area is 163 Å². The van der Waals surface area contributed by atoms with Gasteiger partial charge in [-0.15, -0.1) is 24.0 Å². The number of nitrogens with one attached hydrogen (secondary N) is 2. The fourth-order valence-corrected chi connectivity index (χ4v) is 1.87. The van der Waals surface area contributed by atoms with Crippen LogP contribution in [0.3, 0.4) is 0 Å². The van der Waals surface area contributed by atoms with E-state index in [2.05, 4.69) is 15.6 Å². The second kappa shape index (κ2) is 13.0. The van der Waals surface area contributed by atoms with Crippen LogP contribution in [0.1, 0.15) is 18.4 Å². The normalized spacial score (nSPS) is 11.6. The molecule has 0 aliphatic rings. The number of hydrogen-bond donors (Lipinski definition) is 2. The van der Waals surface area contributed by atoms with Crippen molar-refractivity contribution in [3.63, 3.8) is 0 Å². The molecule has 25 heavy (non-hydrogen) atoms. The molecule has 0 saturated heterocycles. The molecule has 144 valence electrons. The molecular weight excluding hydrogens is 450 g/mol. The van der Waals surface area contributed by atoms with Gasteiger partial charge in [0.2, 0.25) is 0 Å². The smallest absolute Gasteiger partial charge is 0.390 e. The molecule has 2 N–H and O–H groups in total. The van der Waals surface area contributed by atoms with E-state index in [-0.39, 0.29) is 30.5 Å². The van der Waals surface area contributed by atoms with Gasteiger partial charge in [0, 0.05) is 40.3 Å². The van der Waals surface area contributed by atoms with Crippen molar-refractivity contribution in [1.29, 1.82) is 0 Å². The van der Waals surface area contributed by atoms with Gasteiger partial charge in [0.15, 0.2) is 5.96 Å². The van der Waals surface area contributed by atoms with Gasteiger partial charge in [-0.2, -0.15) is 13.2 Å². The highest BCUT2D eigenvalue weighted by Crippen LogP contribution is 2.18. The van der Waals surface area contributed by atoms with E-state index in [1.54, 1.807) is 7.11 Å². The molecule has 0 bridgehead atoms. The number of methoxy groups -OCH3 is 1. The van der Waals surface area contributed by atoms with Crippen LogP contribution >= 0.6 is 24.0 Å². The van der Waals surface area contributed by atoms with E-state index < -0.39 is 12.6 Å². The quantitative estimate of drug-likeness (QED) is 0.249. The molecular formula is C16H25F3IN3O2. The van der Waals surface area contributed by atoms with Crippen molar-refractivity contribution in [2.75, 3.05) is 33.9 Å². The Balaban J connectivity index is 0.00000576. The summed E-state index contributed by atoms with van der Waals surface area (Å²) < 4.78 is 47.0. The third-order valence-electron chi connectivity index (χ3n) is 3.04. The van der Waals surface area contributed by atoms with Crippen LogP contribution in [0.4, 0.5) is 13.2 Å².